The molecule has 0 radical (unpaired) electrons. The number of ether oxygens (including phenoxy) is 1. The molecule has 1 heterocycles. The second-order valence-corrected chi connectivity index (χ2v) is 6.70. The first-order valence-corrected chi connectivity index (χ1v) is 8.08. The average molecular weight is 274 g/mol. The van der Waals surface area contributed by atoms with Crippen LogP contribution in [-0.4, -0.2) is 17.3 Å². The molecule has 2 heteroatoms. The number of fused-ring (bicyclic) bond motifs is 1. The van der Waals surface area contributed by atoms with Crippen LogP contribution < -0.4 is 0 Å². The first kappa shape index (κ1) is 14.1. The number of rotatable bonds is 3. The smallest absolute Gasteiger partial charge is 0.0855 e. The van der Waals surface area contributed by atoms with E-state index in [0.29, 0.717) is 5.92 Å². The van der Waals surface area contributed by atoms with Crippen LogP contribution in [0.4, 0.5) is 0 Å². The van der Waals surface area contributed by atoms with Crippen molar-refractivity contribution in [2.45, 2.75) is 63.6 Å². The largest absolute Gasteiger partial charge is 0.390 e. The molecule has 1 N–H and O–H groups in total. The standard InChI is InChI=1S/C18H26O2/c1-18(19,15-8-3-2-4-9-15)13-17-16-10-6-5-7-14(16)11-12-20-17/h5-7,10,15,17,19H,2-4,8-9,11-13H2,1H3. The molecule has 20 heavy (non-hydrogen) atoms. The van der Waals surface area contributed by atoms with Crippen molar-refractivity contribution < 1.29 is 9.84 Å². The Morgan fingerprint density at radius 3 is 2.75 bits per heavy atom. The second-order valence-electron chi connectivity index (χ2n) is 6.70. The summed E-state index contributed by atoms with van der Waals surface area (Å²) < 4.78 is 5.97. The SMILES string of the molecule is CC(O)(CC1OCCc2ccccc21)C1CCCCC1. The van der Waals surface area contributed by atoms with E-state index >= 15 is 0 Å². The Bertz CT molecular complexity index is 446. The van der Waals surface area contributed by atoms with Gasteiger partial charge in [-0.3, -0.25) is 0 Å². The molecular weight excluding hydrogens is 248 g/mol. The van der Waals surface area contributed by atoms with Crippen LogP contribution in [0.3, 0.4) is 0 Å². The van der Waals surface area contributed by atoms with E-state index < -0.39 is 5.60 Å². The van der Waals surface area contributed by atoms with Gasteiger partial charge in [0.2, 0.25) is 0 Å². The van der Waals surface area contributed by atoms with Gasteiger partial charge in [-0.15, -0.1) is 0 Å². The summed E-state index contributed by atoms with van der Waals surface area (Å²) in [4.78, 5) is 0. The summed E-state index contributed by atoms with van der Waals surface area (Å²) >= 11 is 0. The molecule has 1 saturated carbocycles. The zero-order valence-corrected chi connectivity index (χ0v) is 12.5. The monoisotopic (exact) mass is 274 g/mol. The number of hydrogen-bond acceptors (Lipinski definition) is 2. The first-order chi connectivity index (χ1) is 9.67. The lowest BCUT2D eigenvalue weighted by molar-refractivity contribution is -0.0751. The first-order valence-electron chi connectivity index (χ1n) is 8.08. The maximum atomic E-state index is 10.9. The van der Waals surface area contributed by atoms with E-state index in [1.165, 1.54) is 43.2 Å². The van der Waals surface area contributed by atoms with Gasteiger partial charge in [-0.25, -0.2) is 0 Å². The lowest BCUT2D eigenvalue weighted by atomic mass is 9.74. The maximum Gasteiger partial charge on any atom is 0.0855 e. The molecule has 1 aliphatic carbocycles. The van der Waals surface area contributed by atoms with Crippen LogP contribution in [0.25, 0.3) is 0 Å². The maximum absolute atomic E-state index is 10.9. The van der Waals surface area contributed by atoms with Crippen molar-refractivity contribution in [2.75, 3.05) is 6.61 Å². The molecule has 1 aliphatic heterocycles. The predicted octanol–water partition coefficient (Wildman–Crippen LogP) is 4.02. The fourth-order valence-corrected chi connectivity index (χ4v) is 3.91. The zero-order valence-electron chi connectivity index (χ0n) is 12.5. The van der Waals surface area contributed by atoms with Gasteiger partial charge in [0.1, 0.15) is 0 Å². The minimum absolute atomic E-state index is 0.0666. The zero-order chi connectivity index (χ0) is 14.0. The summed E-state index contributed by atoms with van der Waals surface area (Å²) in [5.41, 5.74) is 2.08. The van der Waals surface area contributed by atoms with Crippen LogP contribution in [0, 0.1) is 5.92 Å². The third kappa shape index (κ3) is 2.91. The van der Waals surface area contributed by atoms with Gasteiger partial charge < -0.3 is 9.84 Å². The third-order valence-electron chi connectivity index (χ3n) is 5.18. The Morgan fingerprint density at radius 2 is 1.95 bits per heavy atom. The molecule has 0 saturated heterocycles. The van der Waals surface area contributed by atoms with Crippen LogP contribution in [0.2, 0.25) is 0 Å². The van der Waals surface area contributed by atoms with E-state index in [9.17, 15) is 5.11 Å². The van der Waals surface area contributed by atoms with Crippen molar-refractivity contribution in [1.82, 2.24) is 0 Å². The van der Waals surface area contributed by atoms with Crippen molar-refractivity contribution in [3.63, 3.8) is 0 Å². The quantitative estimate of drug-likeness (QED) is 0.902. The van der Waals surface area contributed by atoms with Crippen molar-refractivity contribution in [3.05, 3.63) is 35.4 Å². The molecule has 1 aromatic carbocycles. The van der Waals surface area contributed by atoms with Gasteiger partial charge in [-0.05, 0) is 43.2 Å². The lowest BCUT2D eigenvalue weighted by Crippen LogP contribution is -2.38. The molecule has 3 rings (SSSR count). The number of benzene rings is 1. The van der Waals surface area contributed by atoms with Crippen molar-refractivity contribution in [2.24, 2.45) is 5.92 Å². The molecule has 0 bridgehead atoms. The van der Waals surface area contributed by atoms with Crippen LogP contribution in [0.15, 0.2) is 24.3 Å². The van der Waals surface area contributed by atoms with Gasteiger partial charge in [0, 0.05) is 6.42 Å². The van der Waals surface area contributed by atoms with E-state index in [0.717, 1.165) is 19.4 Å². The summed E-state index contributed by atoms with van der Waals surface area (Å²) in [6.07, 6.45) is 7.99. The summed E-state index contributed by atoms with van der Waals surface area (Å²) in [5.74, 6) is 0.439. The molecule has 110 valence electrons. The van der Waals surface area contributed by atoms with Gasteiger partial charge in [-0.1, -0.05) is 43.5 Å². The molecule has 0 spiro atoms. The Hall–Kier alpha value is -0.860. The van der Waals surface area contributed by atoms with Crippen LogP contribution in [0.5, 0.6) is 0 Å². The van der Waals surface area contributed by atoms with Crippen LogP contribution >= 0.6 is 0 Å². The molecule has 1 fully saturated rings. The van der Waals surface area contributed by atoms with Gasteiger partial charge in [0.25, 0.3) is 0 Å². The number of hydrogen-bond donors (Lipinski definition) is 1. The van der Waals surface area contributed by atoms with Gasteiger partial charge in [-0.2, -0.15) is 0 Å². The Kier molecular flexibility index (Phi) is 4.13. The van der Waals surface area contributed by atoms with Crippen molar-refractivity contribution >= 4 is 0 Å². The summed E-state index contributed by atoms with van der Waals surface area (Å²) in [6.45, 7) is 2.80. The fourth-order valence-electron chi connectivity index (χ4n) is 3.91. The molecule has 2 aliphatic rings. The third-order valence-corrected chi connectivity index (χ3v) is 5.18. The van der Waals surface area contributed by atoms with Crippen LogP contribution in [-0.2, 0) is 11.2 Å². The molecule has 2 nitrogen and oxygen atoms in total. The van der Waals surface area contributed by atoms with Crippen molar-refractivity contribution in [1.29, 1.82) is 0 Å². The minimum Gasteiger partial charge on any atom is -0.390 e. The van der Waals surface area contributed by atoms with Gasteiger partial charge in [0.15, 0.2) is 0 Å². The summed E-state index contributed by atoms with van der Waals surface area (Å²) in [7, 11) is 0. The van der Waals surface area contributed by atoms with E-state index in [1.807, 2.05) is 6.92 Å². The number of aliphatic hydroxyl groups is 1. The topological polar surface area (TPSA) is 29.5 Å². The normalized spacial score (nSPS) is 26.8. The molecule has 0 amide bonds. The van der Waals surface area contributed by atoms with E-state index in [2.05, 4.69) is 24.3 Å². The highest BCUT2D eigenvalue weighted by Gasteiger charge is 2.36. The molecular formula is C18H26O2. The predicted molar refractivity (Wildman–Crippen MR) is 80.7 cm³/mol. The van der Waals surface area contributed by atoms with E-state index in [1.54, 1.807) is 0 Å². The highest BCUT2D eigenvalue weighted by molar-refractivity contribution is 5.31. The molecule has 2 unspecified atom stereocenters. The highest BCUT2D eigenvalue weighted by atomic mass is 16.5. The Balaban J connectivity index is 1.74. The summed E-state index contributed by atoms with van der Waals surface area (Å²) in [5, 5.41) is 10.9. The van der Waals surface area contributed by atoms with Gasteiger partial charge >= 0.3 is 0 Å². The average Bonchev–Trinajstić information content (AvgIpc) is 2.48. The van der Waals surface area contributed by atoms with Crippen LogP contribution in [0.1, 0.15) is 62.7 Å². The highest BCUT2D eigenvalue weighted by Crippen LogP contribution is 2.40. The Morgan fingerprint density at radius 1 is 1.20 bits per heavy atom. The fraction of sp³-hybridized carbons (Fsp3) is 0.667. The minimum atomic E-state index is -0.602. The van der Waals surface area contributed by atoms with E-state index in [-0.39, 0.29) is 6.10 Å². The summed E-state index contributed by atoms with van der Waals surface area (Å²) in [6, 6.07) is 8.53. The molecule has 2 atom stereocenters. The van der Waals surface area contributed by atoms with Crippen molar-refractivity contribution in [3.8, 4) is 0 Å². The Labute approximate surface area is 122 Å². The lowest BCUT2D eigenvalue weighted by Gasteiger charge is -2.39. The molecule has 0 aromatic heterocycles. The molecule has 1 aromatic rings. The second kappa shape index (κ2) is 5.87. The van der Waals surface area contributed by atoms with Gasteiger partial charge in [0.05, 0.1) is 18.3 Å². The van der Waals surface area contributed by atoms with E-state index in [4.69, 9.17) is 4.74 Å².